The molecule has 4 atom stereocenters. The summed E-state index contributed by atoms with van der Waals surface area (Å²) < 4.78 is 15.9. The molecule has 3 amide bonds. The van der Waals surface area contributed by atoms with Crippen LogP contribution >= 0.6 is 0 Å². The van der Waals surface area contributed by atoms with Crippen LogP contribution < -0.4 is 20.7 Å². The Morgan fingerprint density at radius 2 is 1.48 bits per heavy atom. The van der Waals surface area contributed by atoms with Gasteiger partial charge in [0.05, 0.1) is 39.5 Å². The molecule has 2 aliphatic heterocycles. The highest BCUT2D eigenvalue weighted by atomic mass is 16.6. The van der Waals surface area contributed by atoms with Crippen molar-refractivity contribution in [3.05, 3.63) is 65.7 Å². The Kier molecular flexibility index (Phi) is 10.7. The predicted molar refractivity (Wildman–Crippen MR) is 155 cm³/mol. The van der Waals surface area contributed by atoms with Crippen molar-refractivity contribution >= 4 is 23.5 Å². The fourth-order valence-electron chi connectivity index (χ4n) is 4.77. The standard InChI is InChI=1S/C31H40N4O7/c1-21(32-27(36)19-35-13-15-41-16-14-35)29(38)34-26(18-23-9-11-24(40-3)12-10-23)30(39)33-25(28(37)31(2)20-42-31)17-22-7-5-4-6-8-22/h4-12,21,25-26H,13-20H2,1-3H3,(H,32,36)(H,33,39)(H,34,38)/t21-,25+,26-,31+/m0/s1. The molecule has 0 unspecified atom stereocenters. The highest BCUT2D eigenvalue weighted by Gasteiger charge is 2.50. The molecular weight excluding hydrogens is 540 g/mol. The van der Waals surface area contributed by atoms with Crippen molar-refractivity contribution in [3.63, 3.8) is 0 Å². The second-order valence-corrected chi connectivity index (χ2v) is 10.9. The fraction of sp³-hybridized carbons (Fsp3) is 0.484. The van der Waals surface area contributed by atoms with Gasteiger partial charge in [-0.3, -0.25) is 24.1 Å². The number of hydrogen-bond acceptors (Lipinski definition) is 8. The van der Waals surface area contributed by atoms with Crippen LogP contribution in [0.3, 0.4) is 0 Å². The van der Waals surface area contributed by atoms with Gasteiger partial charge in [-0.1, -0.05) is 42.5 Å². The number of ether oxygens (including phenoxy) is 3. The smallest absolute Gasteiger partial charge is 0.243 e. The number of benzene rings is 2. The average Bonchev–Trinajstić information content (AvgIpc) is 3.75. The van der Waals surface area contributed by atoms with Crippen molar-refractivity contribution in [1.29, 1.82) is 0 Å². The van der Waals surface area contributed by atoms with Gasteiger partial charge < -0.3 is 30.2 Å². The Bertz CT molecular complexity index is 1230. The van der Waals surface area contributed by atoms with E-state index in [4.69, 9.17) is 14.2 Å². The fourth-order valence-corrected chi connectivity index (χ4v) is 4.77. The van der Waals surface area contributed by atoms with E-state index in [0.717, 1.165) is 11.1 Å². The van der Waals surface area contributed by atoms with E-state index in [1.165, 1.54) is 0 Å². The van der Waals surface area contributed by atoms with E-state index < -0.39 is 35.5 Å². The molecular formula is C31H40N4O7. The van der Waals surface area contributed by atoms with Crippen LogP contribution in [-0.4, -0.2) is 98.7 Å². The second-order valence-electron chi connectivity index (χ2n) is 10.9. The van der Waals surface area contributed by atoms with Gasteiger partial charge in [-0.05, 0) is 43.5 Å². The number of carbonyl (C=O) groups excluding carboxylic acids is 4. The van der Waals surface area contributed by atoms with E-state index in [-0.39, 0.29) is 31.1 Å². The van der Waals surface area contributed by atoms with E-state index in [9.17, 15) is 19.2 Å². The first-order valence-corrected chi connectivity index (χ1v) is 14.2. The minimum Gasteiger partial charge on any atom is -0.497 e. The number of amides is 3. The van der Waals surface area contributed by atoms with Crippen molar-refractivity contribution in [2.24, 2.45) is 0 Å². The number of morpholine rings is 1. The van der Waals surface area contributed by atoms with Gasteiger partial charge in [0.1, 0.15) is 23.4 Å². The van der Waals surface area contributed by atoms with Crippen LogP contribution in [0.15, 0.2) is 54.6 Å². The lowest BCUT2D eigenvalue weighted by Gasteiger charge is -2.27. The molecule has 2 aromatic rings. The topological polar surface area (TPSA) is 139 Å². The Morgan fingerprint density at radius 1 is 0.881 bits per heavy atom. The Morgan fingerprint density at radius 3 is 2.10 bits per heavy atom. The molecule has 2 fully saturated rings. The van der Waals surface area contributed by atoms with Crippen molar-refractivity contribution in [2.45, 2.75) is 50.4 Å². The van der Waals surface area contributed by atoms with Crippen LogP contribution in [0.25, 0.3) is 0 Å². The lowest BCUT2D eigenvalue weighted by atomic mass is 9.94. The molecule has 2 aliphatic rings. The summed E-state index contributed by atoms with van der Waals surface area (Å²) in [5.74, 6) is -0.876. The van der Waals surface area contributed by atoms with Gasteiger partial charge in [0.15, 0.2) is 5.78 Å². The number of rotatable bonds is 14. The molecule has 0 aromatic heterocycles. The van der Waals surface area contributed by atoms with Crippen molar-refractivity contribution < 1.29 is 33.4 Å². The van der Waals surface area contributed by atoms with Gasteiger partial charge in [-0.2, -0.15) is 0 Å². The van der Waals surface area contributed by atoms with E-state index in [1.54, 1.807) is 33.1 Å². The zero-order chi connectivity index (χ0) is 30.1. The second kappa shape index (κ2) is 14.4. The first kappa shape index (κ1) is 31.1. The zero-order valence-corrected chi connectivity index (χ0v) is 24.4. The van der Waals surface area contributed by atoms with Crippen molar-refractivity contribution in [3.8, 4) is 5.75 Å². The van der Waals surface area contributed by atoms with Crippen LogP contribution in [0.2, 0.25) is 0 Å². The zero-order valence-electron chi connectivity index (χ0n) is 24.4. The summed E-state index contributed by atoms with van der Waals surface area (Å²) in [6, 6.07) is 13.8. The molecule has 4 rings (SSSR count). The molecule has 42 heavy (non-hydrogen) atoms. The normalized spacial score (nSPS) is 20.5. The first-order valence-electron chi connectivity index (χ1n) is 14.2. The van der Waals surface area contributed by atoms with Crippen LogP contribution in [-0.2, 0) is 41.5 Å². The van der Waals surface area contributed by atoms with E-state index >= 15 is 0 Å². The summed E-state index contributed by atoms with van der Waals surface area (Å²) in [5, 5.41) is 8.39. The minimum atomic E-state index is -1.01. The summed E-state index contributed by atoms with van der Waals surface area (Å²) in [7, 11) is 1.56. The van der Waals surface area contributed by atoms with Crippen molar-refractivity contribution in [2.75, 3.05) is 46.6 Å². The van der Waals surface area contributed by atoms with Gasteiger partial charge in [-0.15, -0.1) is 0 Å². The highest BCUT2D eigenvalue weighted by molar-refractivity contribution is 5.98. The highest BCUT2D eigenvalue weighted by Crippen LogP contribution is 2.29. The van der Waals surface area contributed by atoms with Gasteiger partial charge in [0, 0.05) is 19.5 Å². The average molecular weight is 581 g/mol. The molecule has 0 saturated carbocycles. The molecule has 11 heteroatoms. The van der Waals surface area contributed by atoms with E-state index in [1.807, 2.05) is 47.4 Å². The summed E-state index contributed by atoms with van der Waals surface area (Å²) >= 11 is 0. The minimum absolute atomic E-state index is 0.154. The summed E-state index contributed by atoms with van der Waals surface area (Å²) in [6.45, 7) is 6.13. The quantitative estimate of drug-likeness (QED) is 0.277. The van der Waals surface area contributed by atoms with Crippen LogP contribution in [0, 0.1) is 0 Å². The van der Waals surface area contributed by atoms with Crippen LogP contribution in [0.4, 0.5) is 0 Å². The monoisotopic (exact) mass is 580 g/mol. The number of Topliss-reactive ketones (excluding diaryl/α,β-unsaturated/α-hetero) is 1. The maximum Gasteiger partial charge on any atom is 0.243 e. The SMILES string of the molecule is COc1ccc(C[C@H](NC(=O)[C@H](C)NC(=O)CN2CCOCC2)C(=O)N[C@H](Cc2ccccc2)C(=O)[C@@]2(C)CO2)cc1. The first-order chi connectivity index (χ1) is 20.2. The maximum absolute atomic E-state index is 13.7. The number of carbonyl (C=O) groups is 4. The molecule has 2 saturated heterocycles. The van der Waals surface area contributed by atoms with Crippen molar-refractivity contribution in [1.82, 2.24) is 20.9 Å². The summed E-state index contributed by atoms with van der Waals surface area (Å²) in [5.41, 5.74) is 0.720. The predicted octanol–water partition coefficient (Wildman–Crippen LogP) is 0.645. The molecule has 0 spiro atoms. The summed E-state index contributed by atoms with van der Waals surface area (Å²) in [6.07, 6.45) is 0.442. The molecule has 2 heterocycles. The summed E-state index contributed by atoms with van der Waals surface area (Å²) in [4.78, 5) is 54.8. The lowest BCUT2D eigenvalue weighted by Crippen LogP contribution is -2.57. The molecule has 0 aliphatic carbocycles. The lowest BCUT2D eigenvalue weighted by molar-refractivity contribution is -0.134. The Balaban J connectivity index is 1.46. The molecule has 3 N–H and O–H groups in total. The van der Waals surface area contributed by atoms with Gasteiger partial charge in [-0.25, -0.2) is 0 Å². The van der Waals surface area contributed by atoms with Gasteiger partial charge in [0.2, 0.25) is 17.7 Å². The molecule has 11 nitrogen and oxygen atoms in total. The largest absolute Gasteiger partial charge is 0.497 e. The van der Waals surface area contributed by atoms with Gasteiger partial charge >= 0.3 is 0 Å². The number of nitrogens with one attached hydrogen (secondary N) is 3. The molecule has 226 valence electrons. The number of ketones is 1. The van der Waals surface area contributed by atoms with Gasteiger partial charge in [0.25, 0.3) is 0 Å². The Hall–Kier alpha value is -3.80. The number of nitrogens with zero attached hydrogens (tertiary/aromatic N) is 1. The number of epoxide rings is 1. The molecule has 0 bridgehead atoms. The van der Waals surface area contributed by atoms with E-state index in [2.05, 4.69) is 16.0 Å². The van der Waals surface area contributed by atoms with Crippen LogP contribution in [0.1, 0.15) is 25.0 Å². The van der Waals surface area contributed by atoms with E-state index in [0.29, 0.717) is 38.7 Å². The molecule has 2 aromatic carbocycles. The number of methoxy groups -OCH3 is 1. The maximum atomic E-state index is 13.7. The number of hydrogen-bond donors (Lipinski definition) is 3. The third-order valence-corrected chi connectivity index (χ3v) is 7.49. The Labute approximate surface area is 246 Å². The van der Waals surface area contributed by atoms with Crippen LogP contribution in [0.5, 0.6) is 5.75 Å². The third kappa shape index (κ3) is 8.85. The molecule has 0 radical (unpaired) electrons. The third-order valence-electron chi connectivity index (χ3n) is 7.49.